The summed E-state index contributed by atoms with van der Waals surface area (Å²) in [5.74, 6) is 0.0453. The third-order valence-electron chi connectivity index (χ3n) is 4.25. The normalized spacial score (nSPS) is 17.2. The second-order valence-corrected chi connectivity index (χ2v) is 5.94. The average Bonchev–Trinajstić information content (AvgIpc) is 3.11. The Kier molecular flexibility index (Phi) is 5.03. The van der Waals surface area contributed by atoms with Gasteiger partial charge in [-0.3, -0.25) is 9.78 Å². The van der Waals surface area contributed by atoms with Gasteiger partial charge in [-0.15, -0.1) is 0 Å². The molecular formula is C19H22N2O2. The van der Waals surface area contributed by atoms with Crippen LogP contribution in [-0.4, -0.2) is 41.6 Å². The highest BCUT2D eigenvalue weighted by molar-refractivity contribution is 5.94. The van der Waals surface area contributed by atoms with Crippen molar-refractivity contribution in [3.63, 3.8) is 0 Å². The van der Waals surface area contributed by atoms with Crippen LogP contribution in [0.15, 0.2) is 48.7 Å². The van der Waals surface area contributed by atoms with Crippen LogP contribution in [0.4, 0.5) is 0 Å². The van der Waals surface area contributed by atoms with E-state index in [-0.39, 0.29) is 11.9 Å². The van der Waals surface area contributed by atoms with E-state index in [1.807, 2.05) is 42.2 Å². The monoisotopic (exact) mass is 310 g/mol. The molecule has 0 unspecified atom stereocenters. The van der Waals surface area contributed by atoms with Crippen molar-refractivity contribution in [2.75, 3.05) is 19.8 Å². The van der Waals surface area contributed by atoms with Crippen molar-refractivity contribution >= 4 is 5.91 Å². The Bertz CT molecular complexity index is 634. The highest BCUT2D eigenvalue weighted by Crippen LogP contribution is 2.17. The number of benzene rings is 1. The molecule has 23 heavy (non-hydrogen) atoms. The maximum atomic E-state index is 12.9. The largest absolute Gasteiger partial charge is 0.379 e. The van der Waals surface area contributed by atoms with E-state index in [0.717, 1.165) is 25.1 Å². The number of nitrogens with zero attached hydrogens (tertiary/aromatic N) is 2. The molecule has 0 radical (unpaired) electrons. The van der Waals surface area contributed by atoms with Gasteiger partial charge in [-0.2, -0.15) is 0 Å². The molecule has 1 aliphatic heterocycles. The maximum absolute atomic E-state index is 12.9. The van der Waals surface area contributed by atoms with Crippen LogP contribution in [-0.2, 0) is 11.2 Å². The maximum Gasteiger partial charge on any atom is 0.255 e. The lowest BCUT2D eigenvalue weighted by Crippen LogP contribution is -2.42. The number of carbonyl (C=O) groups excluding carboxylic acids is 1. The molecule has 1 fully saturated rings. The fourth-order valence-electron chi connectivity index (χ4n) is 2.87. The van der Waals surface area contributed by atoms with Crippen molar-refractivity contribution in [2.45, 2.75) is 25.8 Å². The van der Waals surface area contributed by atoms with Crippen LogP contribution in [0.5, 0.6) is 0 Å². The third kappa shape index (κ3) is 3.96. The molecule has 120 valence electrons. The highest BCUT2D eigenvalue weighted by Gasteiger charge is 2.28. The number of aromatic nitrogens is 1. The Hall–Kier alpha value is -2.20. The van der Waals surface area contributed by atoms with Crippen LogP contribution in [0.3, 0.4) is 0 Å². The summed E-state index contributed by atoms with van der Waals surface area (Å²) in [7, 11) is 0. The van der Waals surface area contributed by atoms with Gasteiger partial charge >= 0.3 is 0 Å². The molecule has 2 aromatic rings. The molecule has 2 heterocycles. The number of pyridine rings is 1. The lowest BCUT2D eigenvalue weighted by molar-refractivity contribution is 0.0656. The molecule has 0 N–H and O–H groups in total. The fraction of sp³-hybridized carbons (Fsp3) is 0.368. The van der Waals surface area contributed by atoms with Crippen LogP contribution in [0.25, 0.3) is 0 Å². The molecule has 1 aromatic heterocycles. The summed E-state index contributed by atoms with van der Waals surface area (Å²) in [6.45, 7) is 3.97. The Morgan fingerprint density at radius 1 is 1.26 bits per heavy atom. The SMILES string of the molecule is Cc1ccc(C(=O)N(CCc2ccccc2)[C@H]2CCOC2)cn1. The van der Waals surface area contributed by atoms with E-state index >= 15 is 0 Å². The van der Waals surface area contributed by atoms with Crippen molar-refractivity contribution in [3.05, 3.63) is 65.5 Å². The Morgan fingerprint density at radius 3 is 2.74 bits per heavy atom. The minimum absolute atomic E-state index is 0.0453. The smallest absolute Gasteiger partial charge is 0.255 e. The van der Waals surface area contributed by atoms with Gasteiger partial charge in [0.15, 0.2) is 0 Å². The van der Waals surface area contributed by atoms with Crippen LogP contribution >= 0.6 is 0 Å². The second-order valence-electron chi connectivity index (χ2n) is 5.94. The summed E-state index contributed by atoms with van der Waals surface area (Å²) in [6, 6.07) is 14.2. The van der Waals surface area contributed by atoms with Crippen LogP contribution < -0.4 is 0 Å². The first-order valence-electron chi connectivity index (χ1n) is 8.09. The van der Waals surface area contributed by atoms with Crippen LogP contribution in [0, 0.1) is 6.92 Å². The quantitative estimate of drug-likeness (QED) is 0.853. The van der Waals surface area contributed by atoms with E-state index in [2.05, 4.69) is 17.1 Å². The standard InChI is InChI=1S/C19H22N2O2/c1-15-7-8-17(13-20-15)19(22)21(18-10-12-23-14-18)11-9-16-5-3-2-4-6-16/h2-8,13,18H,9-12,14H2,1H3/t18-/m0/s1. The molecule has 1 atom stereocenters. The van der Waals surface area contributed by atoms with E-state index in [9.17, 15) is 4.79 Å². The molecule has 4 nitrogen and oxygen atoms in total. The molecule has 0 saturated carbocycles. The lowest BCUT2D eigenvalue weighted by Gasteiger charge is -2.28. The average molecular weight is 310 g/mol. The molecular weight excluding hydrogens is 288 g/mol. The Balaban J connectivity index is 1.74. The molecule has 0 bridgehead atoms. The van der Waals surface area contributed by atoms with Gasteiger partial charge in [-0.1, -0.05) is 30.3 Å². The number of hydrogen-bond acceptors (Lipinski definition) is 3. The van der Waals surface area contributed by atoms with Crippen molar-refractivity contribution in [3.8, 4) is 0 Å². The van der Waals surface area contributed by atoms with E-state index in [1.54, 1.807) is 6.20 Å². The Labute approximate surface area is 137 Å². The van der Waals surface area contributed by atoms with Crippen molar-refractivity contribution < 1.29 is 9.53 Å². The summed E-state index contributed by atoms with van der Waals surface area (Å²) >= 11 is 0. The van der Waals surface area contributed by atoms with Gasteiger partial charge in [-0.25, -0.2) is 0 Å². The van der Waals surface area contributed by atoms with E-state index < -0.39 is 0 Å². The highest BCUT2D eigenvalue weighted by atomic mass is 16.5. The molecule has 3 rings (SSSR count). The van der Waals surface area contributed by atoms with E-state index in [1.165, 1.54) is 5.56 Å². The number of carbonyl (C=O) groups is 1. The molecule has 1 amide bonds. The number of ether oxygens (including phenoxy) is 1. The van der Waals surface area contributed by atoms with Gasteiger partial charge in [-0.05, 0) is 37.5 Å². The lowest BCUT2D eigenvalue weighted by atomic mass is 10.1. The van der Waals surface area contributed by atoms with E-state index in [0.29, 0.717) is 18.7 Å². The summed E-state index contributed by atoms with van der Waals surface area (Å²) in [5.41, 5.74) is 2.81. The zero-order valence-electron chi connectivity index (χ0n) is 13.4. The minimum atomic E-state index is 0.0453. The van der Waals surface area contributed by atoms with Gasteiger partial charge in [0, 0.05) is 25.0 Å². The predicted octanol–water partition coefficient (Wildman–Crippen LogP) is 2.86. The van der Waals surface area contributed by atoms with Crippen molar-refractivity contribution in [1.29, 1.82) is 0 Å². The first kappa shape index (κ1) is 15.7. The molecule has 1 aromatic carbocycles. The third-order valence-corrected chi connectivity index (χ3v) is 4.25. The first-order valence-corrected chi connectivity index (χ1v) is 8.09. The molecule has 0 spiro atoms. The van der Waals surface area contributed by atoms with Crippen LogP contribution in [0.2, 0.25) is 0 Å². The van der Waals surface area contributed by atoms with Crippen LogP contribution in [0.1, 0.15) is 28.0 Å². The topological polar surface area (TPSA) is 42.4 Å². The van der Waals surface area contributed by atoms with Gasteiger partial charge in [0.25, 0.3) is 5.91 Å². The van der Waals surface area contributed by atoms with Gasteiger partial charge in [0.1, 0.15) is 0 Å². The summed E-state index contributed by atoms with van der Waals surface area (Å²) in [5, 5.41) is 0. The summed E-state index contributed by atoms with van der Waals surface area (Å²) < 4.78 is 5.49. The molecule has 1 saturated heterocycles. The molecule has 0 aliphatic carbocycles. The van der Waals surface area contributed by atoms with Gasteiger partial charge in [0.2, 0.25) is 0 Å². The first-order chi connectivity index (χ1) is 11.2. The number of aryl methyl sites for hydroxylation is 1. The number of hydrogen-bond donors (Lipinski definition) is 0. The van der Waals surface area contributed by atoms with Crippen molar-refractivity contribution in [1.82, 2.24) is 9.88 Å². The van der Waals surface area contributed by atoms with Crippen molar-refractivity contribution in [2.24, 2.45) is 0 Å². The summed E-state index contributed by atoms with van der Waals surface area (Å²) in [4.78, 5) is 19.1. The van der Waals surface area contributed by atoms with E-state index in [4.69, 9.17) is 4.74 Å². The number of amides is 1. The molecule has 4 heteroatoms. The Morgan fingerprint density at radius 2 is 2.09 bits per heavy atom. The zero-order chi connectivity index (χ0) is 16.1. The minimum Gasteiger partial charge on any atom is -0.379 e. The predicted molar refractivity (Wildman–Crippen MR) is 89.4 cm³/mol. The van der Waals surface area contributed by atoms with Gasteiger partial charge in [0.05, 0.1) is 18.2 Å². The molecule has 1 aliphatic rings. The summed E-state index contributed by atoms with van der Waals surface area (Å²) in [6.07, 6.45) is 3.42. The van der Waals surface area contributed by atoms with Gasteiger partial charge < -0.3 is 9.64 Å². The fourth-order valence-corrected chi connectivity index (χ4v) is 2.87. The number of rotatable bonds is 5. The second kappa shape index (κ2) is 7.38. The zero-order valence-corrected chi connectivity index (χ0v) is 13.4.